The van der Waals surface area contributed by atoms with Crippen molar-refractivity contribution in [3.05, 3.63) is 34.9 Å². The van der Waals surface area contributed by atoms with E-state index in [1.54, 1.807) is 0 Å². The summed E-state index contributed by atoms with van der Waals surface area (Å²) in [4.78, 5) is 0. The molecule has 0 aliphatic heterocycles. The average Bonchev–Trinajstić information content (AvgIpc) is 2.23. The summed E-state index contributed by atoms with van der Waals surface area (Å²) in [5.74, 6) is 0. The maximum absolute atomic E-state index is 6.50. The Bertz CT molecular complexity index is 362. The van der Waals surface area contributed by atoms with E-state index in [1.807, 2.05) is 0 Å². The molecule has 0 amide bonds. The Kier molecular flexibility index (Phi) is 3.34. The van der Waals surface area contributed by atoms with Crippen LogP contribution in [0.1, 0.15) is 48.8 Å². The normalized spacial score (nSPS) is 19.7. The number of hydrogen-bond donors (Lipinski definition) is 1. The van der Waals surface area contributed by atoms with E-state index in [1.165, 1.54) is 48.8 Å². The van der Waals surface area contributed by atoms with Gasteiger partial charge >= 0.3 is 0 Å². The van der Waals surface area contributed by atoms with Crippen molar-refractivity contribution in [3.8, 4) is 0 Å². The molecule has 0 heterocycles. The third-order valence-electron chi connectivity index (χ3n) is 3.89. The zero-order chi connectivity index (χ0) is 11.6. The lowest BCUT2D eigenvalue weighted by molar-refractivity contribution is 0.294. The highest BCUT2D eigenvalue weighted by molar-refractivity contribution is 5.31. The van der Waals surface area contributed by atoms with Crippen LogP contribution in [0.15, 0.2) is 18.2 Å². The molecule has 1 aromatic rings. The molecule has 1 aliphatic rings. The van der Waals surface area contributed by atoms with Gasteiger partial charge in [0.1, 0.15) is 0 Å². The van der Waals surface area contributed by atoms with Gasteiger partial charge in [-0.05, 0) is 44.2 Å². The van der Waals surface area contributed by atoms with Gasteiger partial charge < -0.3 is 5.73 Å². The number of nitrogens with two attached hydrogens (primary N) is 1. The third kappa shape index (κ3) is 2.65. The Hall–Kier alpha value is -0.820. The molecule has 1 heteroatoms. The second-order valence-electron chi connectivity index (χ2n) is 5.53. The van der Waals surface area contributed by atoms with Gasteiger partial charge in [-0.25, -0.2) is 0 Å². The summed E-state index contributed by atoms with van der Waals surface area (Å²) in [5, 5.41) is 0. The van der Waals surface area contributed by atoms with E-state index >= 15 is 0 Å². The van der Waals surface area contributed by atoms with Crippen LogP contribution in [-0.4, -0.2) is 5.54 Å². The molecule has 0 atom stereocenters. The molecule has 0 aromatic heterocycles. The molecular formula is C15H23N. The van der Waals surface area contributed by atoms with Crippen molar-refractivity contribution < 1.29 is 0 Å². The molecule has 0 saturated heterocycles. The maximum Gasteiger partial charge on any atom is 0.0195 e. The molecule has 1 nitrogen and oxygen atoms in total. The predicted octanol–water partition coefficient (Wildman–Crippen LogP) is 3.51. The highest BCUT2D eigenvalue weighted by Crippen LogP contribution is 2.30. The van der Waals surface area contributed by atoms with Crippen LogP contribution < -0.4 is 5.73 Å². The molecule has 2 rings (SSSR count). The van der Waals surface area contributed by atoms with Crippen molar-refractivity contribution in [2.24, 2.45) is 5.73 Å². The molecule has 1 aromatic carbocycles. The van der Waals surface area contributed by atoms with E-state index in [2.05, 4.69) is 32.0 Å². The second-order valence-corrected chi connectivity index (χ2v) is 5.53. The summed E-state index contributed by atoms with van der Waals surface area (Å²) in [7, 11) is 0. The van der Waals surface area contributed by atoms with Gasteiger partial charge in [0, 0.05) is 5.54 Å². The minimum Gasteiger partial charge on any atom is -0.325 e. The standard InChI is InChI=1S/C15H23N/c1-12-6-7-14(13(2)10-12)11-15(16)8-4-3-5-9-15/h6-7,10H,3-5,8-9,11,16H2,1-2H3. The van der Waals surface area contributed by atoms with Gasteiger partial charge in [-0.2, -0.15) is 0 Å². The average molecular weight is 217 g/mol. The molecule has 2 N–H and O–H groups in total. The third-order valence-corrected chi connectivity index (χ3v) is 3.89. The lowest BCUT2D eigenvalue weighted by Gasteiger charge is -2.34. The number of rotatable bonds is 2. The smallest absolute Gasteiger partial charge is 0.0195 e. The molecule has 1 saturated carbocycles. The SMILES string of the molecule is Cc1ccc(CC2(N)CCCCC2)c(C)c1. The Morgan fingerprint density at radius 3 is 2.44 bits per heavy atom. The monoisotopic (exact) mass is 217 g/mol. The largest absolute Gasteiger partial charge is 0.325 e. The van der Waals surface area contributed by atoms with E-state index in [-0.39, 0.29) is 5.54 Å². The van der Waals surface area contributed by atoms with Crippen LogP contribution in [0.2, 0.25) is 0 Å². The van der Waals surface area contributed by atoms with E-state index in [0.29, 0.717) is 0 Å². The first kappa shape index (κ1) is 11.7. The zero-order valence-electron chi connectivity index (χ0n) is 10.6. The Balaban J connectivity index is 2.13. The summed E-state index contributed by atoms with van der Waals surface area (Å²) in [5.41, 5.74) is 10.7. The molecular weight excluding hydrogens is 194 g/mol. The van der Waals surface area contributed by atoms with Crippen LogP contribution in [0.5, 0.6) is 0 Å². The summed E-state index contributed by atoms with van der Waals surface area (Å²) < 4.78 is 0. The predicted molar refractivity (Wildman–Crippen MR) is 69.6 cm³/mol. The van der Waals surface area contributed by atoms with Gasteiger partial charge in [-0.1, -0.05) is 43.0 Å². The molecule has 0 radical (unpaired) electrons. The van der Waals surface area contributed by atoms with E-state index in [4.69, 9.17) is 5.73 Å². The lowest BCUT2D eigenvalue weighted by atomic mass is 9.77. The molecule has 1 fully saturated rings. The van der Waals surface area contributed by atoms with Crippen LogP contribution >= 0.6 is 0 Å². The zero-order valence-corrected chi connectivity index (χ0v) is 10.6. The van der Waals surface area contributed by atoms with Crippen LogP contribution in [0.4, 0.5) is 0 Å². The van der Waals surface area contributed by atoms with E-state index in [0.717, 1.165) is 6.42 Å². The topological polar surface area (TPSA) is 26.0 Å². The highest BCUT2D eigenvalue weighted by atomic mass is 14.7. The minimum absolute atomic E-state index is 0.0677. The molecule has 16 heavy (non-hydrogen) atoms. The van der Waals surface area contributed by atoms with Crippen molar-refractivity contribution in [2.45, 2.75) is 57.9 Å². The van der Waals surface area contributed by atoms with Crippen LogP contribution in [0.25, 0.3) is 0 Å². The van der Waals surface area contributed by atoms with Gasteiger partial charge in [0.05, 0.1) is 0 Å². The fourth-order valence-corrected chi connectivity index (χ4v) is 2.86. The first-order valence-electron chi connectivity index (χ1n) is 6.44. The Morgan fingerprint density at radius 2 is 1.81 bits per heavy atom. The first-order chi connectivity index (χ1) is 7.59. The number of hydrogen-bond acceptors (Lipinski definition) is 1. The number of benzene rings is 1. The second kappa shape index (κ2) is 4.58. The molecule has 1 aliphatic carbocycles. The van der Waals surface area contributed by atoms with Crippen molar-refractivity contribution >= 4 is 0 Å². The van der Waals surface area contributed by atoms with E-state index in [9.17, 15) is 0 Å². The van der Waals surface area contributed by atoms with Crippen LogP contribution in [0, 0.1) is 13.8 Å². The van der Waals surface area contributed by atoms with Crippen LogP contribution in [0.3, 0.4) is 0 Å². The Morgan fingerprint density at radius 1 is 1.12 bits per heavy atom. The molecule has 0 unspecified atom stereocenters. The fourth-order valence-electron chi connectivity index (χ4n) is 2.86. The van der Waals surface area contributed by atoms with Crippen molar-refractivity contribution in [1.82, 2.24) is 0 Å². The lowest BCUT2D eigenvalue weighted by Crippen LogP contribution is -2.43. The Labute approximate surface area is 99.0 Å². The van der Waals surface area contributed by atoms with Crippen LogP contribution in [-0.2, 0) is 6.42 Å². The van der Waals surface area contributed by atoms with Gasteiger partial charge in [-0.3, -0.25) is 0 Å². The molecule has 0 spiro atoms. The first-order valence-corrected chi connectivity index (χ1v) is 6.44. The van der Waals surface area contributed by atoms with Crippen molar-refractivity contribution in [2.75, 3.05) is 0 Å². The molecule has 88 valence electrons. The summed E-state index contributed by atoms with van der Waals surface area (Å²) in [6, 6.07) is 6.73. The van der Waals surface area contributed by atoms with Crippen molar-refractivity contribution in [3.63, 3.8) is 0 Å². The van der Waals surface area contributed by atoms with Gasteiger partial charge in [0.25, 0.3) is 0 Å². The fraction of sp³-hybridized carbons (Fsp3) is 0.600. The van der Waals surface area contributed by atoms with E-state index < -0.39 is 0 Å². The summed E-state index contributed by atoms with van der Waals surface area (Å²) >= 11 is 0. The quantitative estimate of drug-likeness (QED) is 0.806. The molecule has 0 bridgehead atoms. The maximum atomic E-state index is 6.50. The number of aryl methyl sites for hydroxylation is 2. The summed E-state index contributed by atoms with van der Waals surface area (Å²) in [6.45, 7) is 4.35. The van der Waals surface area contributed by atoms with Gasteiger partial charge in [-0.15, -0.1) is 0 Å². The summed E-state index contributed by atoms with van der Waals surface area (Å²) in [6.07, 6.45) is 7.42. The highest BCUT2D eigenvalue weighted by Gasteiger charge is 2.27. The van der Waals surface area contributed by atoms with Crippen molar-refractivity contribution in [1.29, 1.82) is 0 Å². The minimum atomic E-state index is 0.0677. The van der Waals surface area contributed by atoms with Gasteiger partial charge in [0.2, 0.25) is 0 Å². The van der Waals surface area contributed by atoms with Gasteiger partial charge in [0.15, 0.2) is 0 Å².